The van der Waals surface area contributed by atoms with Crippen LogP contribution < -0.4 is 5.32 Å². The minimum atomic E-state index is 0.309. The molecule has 1 atom stereocenters. The Bertz CT molecular complexity index is 494. The number of benzene rings is 1. The molecule has 0 aliphatic carbocycles. The van der Waals surface area contributed by atoms with E-state index in [-0.39, 0.29) is 0 Å². The van der Waals surface area contributed by atoms with Gasteiger partial charge in [-0.15, -0.1) is 0 Å². The van der Waals surface area contributed by atoms with E-state index in [2.05, 4.69) is 60.2 Å². The Hall–Kier alpha value is -0.800. The van der Waals surface area contributed by atoms with Gasteiger partial charge in [0.15, 0.2) is 0 Å². The molecule has 1 aromatic heterocycles. The van der Waals surface area contributed by atoms with Gasteiger partial charge >= 0.3 is 0 Å². The predicted molar refractivity (Wildman–Crippen MR) is 80.0 cm³/mol. The van der Waals surface area contributed by atoms with Gasteiger partial charge in [-0.2, -0.15) is 0 Å². The first-order valence-corrected chi connectivity index (χ1v) is 7.38. The molecule has 2 rings (SSSR count). The van der Waals surface area contributed by atoms with Crippen LogP contribution in [0.2, 0.25) is 0 Å². The quantitative estimate of drug-likeness (QED) is 0.845. The van der Waals surface area contributed by atoms with Crippen molar-refractivity contribution >= 4 is 26.9 Å². The molecule has 0 saturated heterocycles. The second kappa shape index (κ2) is 5.89. The number of hydrogen-bond donors (Lipinski definition) is 1. The van der Waals surface area contributed by atoms with Gasteiger partial charge in [-0.1, -0.05) is 35.8 Å². The standard InChI is InChI=1S/C15H20BrNO/c1-4-8-17-13(5-2)14-9-11-12(16)7-6-10(3)15(11)18-14/h6-7,9,13,17H,4-5,8H2,1-3H3. The summed E-state index contributed by atoms with van der Waals surface area (Å²) in [6.45, 7) is 7.47. The van der Waals surface area contributed by atoms with Gasteiger partial charge < -0.3 is 9.73 Å². The lowest BCUT2D eigenvalue weighted by Crippen LogP contribution is -2.20. The van der Waals surface area contributed by atoms with E-state index >= 15 is 0 Å². The molecule has 0 aliphatic heterocycles. The van der Waals surface area contributed by atoms with Crippen LogP contribution in [-0.4, -0.2) is 6.54 Å². The van der Waals surface area contributed by atoms with Crippen molar-refractivity contribution in [3.8, 4) is 0 Å². The Kier molecular flexibility index (Phi) is 4.46. The fourth-order valence-corrected chi connectivity index (χ4v) is 2.61. The summed E-state index contributed by atoms with van der Waals surface area (Å²) in [5, 5.41) is 4.69. The van der Waals surface area contributed by atoms with Crippen molar-refractivity contribution in [3.05, 3.63) is 34.0 Å². The van der Waals surface area contributed by atoms with Gasteiger partial charge in [0.25, 0.3) is 0 Å². The van der Waals surface area contributed by atoms with Crippen LogP contribution in [0.15, 0.2) is 27.1 Å². The highest BCUT2D eigenvalue weighted by atomic mass is 79.9. The maximum atomic E-state index is 6.04. The molecule has 0 aliphatic rings. The molecule has 0 bridgehead atoms. The maximum absolute atomic E-state index is 6.04. The first-order valence-electron chi connectivity index (χ1n) is 6.59. The smallest absolute Gasteiger partial charge is 0.138 e. The van der Waals surface area contributed by atoms with E-state index < -0.39 is 0 Å². The van der Waals surface area contributed by atoms with Crippen LogP contribution in [0, 0.1) is 6.92 Å². The molecule has 1 unspecified atom stereocenters. The number of furan rings is 1. The van der Waals surface area contributed by atoms with Crippen molar-refractivity contribution in [1.82, 2.24) is 5.32 Å². The van der Waals surface area contributed by atoms with Crippen molar-refractivity contribution in [2.24, 2.45) is 0 Å². The van der Waals surface area contributed by atoms with Crippen LogP contribution in [-0.2, 0) is 0 Å². The molecular weight excluding hydrogens is 290 g/mol. The van der Waals surface area contributed by atoms with Gasteiger partial charge in [-0.25, -0.2) is 0 Å². The van der Waals surface area contributed by atoms with Crippen LogP contribution in [0.25, 0.3) is 11.0 Å². The Morgan fingerprint density at radius 1 is 1.33 bits per heavy atom. The monoisotopic (exact) mass is 309 g/mol. The molecule has 0 fully saturated rings. The Morgan fingerprint density at radius 3 is 2.72 bits per heavy atom. The fraction of sp³-hybridized carbons (Fsp3) is 0.467. The highest BCUT2D eigenvalue weighted by molar-refractivity contribution is 9.10. The van der Waals surface area contributed by atoms with E-state index in [1.54, 1.807) is 0 Å². The zero-order chi connectivity index (χ0) is 13.1. The lowest BCUT2D eigenvalue weighted by Gasteiger charge is -2.13. The fourth-order valence-electron chi connectivity index (χ4n) is 2.18. The summed E-state index contributed by atoms with van der Waals surface area (Å²) in [4.78, 5) is 0. The van der Waals surface area contributed by atoms with Crippen molar-refractivity contribution in [2.45, 2.75) is 39.7 Å². The van der Waals surface area contributed by atoms with E-state index in [1.165, 1.54) is 10.9 Å². The van der Waals surface area contributed by atoms with Crippen molar-refractivity contribution in [1.29, 1.82) is 0 Å². The molecule has 2 aromatic rings. The highest BCUT2D eigenvalue weighted by Gasteiger charge is 2.15. The minimum absolute atomic E-state index is 0.309. The predicted octanol–water partition coefficient (Wildman–Crippen LogP) is 4.95. The molecule has 1 aromatic carbocycles. The topological polar surface area (TPSA) is 25.2 Å². The molecule has 0 radical (unpaired) electrons. The number of halogens is 1. The van der Waals surface area contributed by atoms with Crippen LogP contribution in [0.3, 0.4) is 0 Å². The van der Waals surface area contributed by atoms with Gasteiger partial charge in [0.05, 0.1) is 6.04 Å². The van der Waals surface area contributed by atoms with Gasteiger partial charge in [0.2, 0.25) is 0 Å². The third-order valence-electron chi connectivity index (χ3n) is 3.24. The molecule has 98 valence electrons. The van der Waals surface area contributed by atoms with Gasteiger partial charge in [0, 0.05) is 9.86 Å². The Labute approximate surface area is 117 Å². The molecule has 1 N–H and O–H groups in total. The highest BCUT2D eigenvalue weighted by Crippen LogP contribution is 2.32. The molecule has 2 nitrogen and oxygen atoms in total. The van der Waals surface area contributed by atoms with Crippen molar-refractivity contribution < 1.29 is 4.42 Å². The van der Waals surface area contributed by atoms with E-state index in [0.29, 0.717) is 6.04 Å². The average Bonchev–Trinajstić information content (AvgIpc) is 2.81. The Balaban J connectivity index is 2.39. The van der Waals surface area contributed by atoms with Crippen LogP contribution in [0.4, 0.5) is 0 Å². The summed E-state index contributed by atoms with van der Waals surface area (Å²) in [6.07, 6.45) is 2.18. The lowest BCUT2D eigenvalue weighted by atomic mass is 10.1. The van der Waals surface area contributed by atoms with Crippen molar-refractivity contribution in [2.75, 3.05) is 6.54 Å². The van der Waals surface area contributed by atoms with E-state index in [4.69, 9.17) is 4.42 Å². The number of fused-ring (bicyclic) bond motifs is 1. The summed E-state index contributed by atoms with van der Waals surface area (Å²) in [6, 6.07) is 6.63. The van der Waals surface area contributed by atoms with E-state index in [1.807, 2.05) is 0 Å². The van der Waals surface area contributed by atoms with Gasteiger partial charge in [-0.3, -0.25) is 0 Å². The largest absolute Gasteiger partial charge is 0.459 e. The third-order valence-corrected chi connectivity index (χ3v) is 3.93. The summed E-state index contributed by atoms with van der Waals surface area (Å²) in [5.41, 5.74) is 2.18. The molecule has 3 heteroatoms. The second-order valence-electron chi connectivity index (χ2n) is 4.67. The normalized spacial score (nSPS) is 13.1. The van der Waals surface area contributed by atoms with Crippen molar-refractivity contribution in [3.63, 3.8) is 0 Å². The maximum Gasteiger partial charge on any atom is 0.138 e. The minimum Gasteiger partial charge on any atom is -0.459 e. The molecule has 0 saturated carbocycles. The van der Waals surface area contributed by atoms with Gasteiger partial charge in [-0.05, 0) is 44.0 Å². The number of rotatable bonds is 5. The zero-order valence-corrected chi connectivity index (χ0v) is 12.8. The second-order valence-corrected chi connectivity index (χ2v) is 5.53. The molecule has 1 heterocycles. The number of aryl methyl sites for hydroxylation is 1. The summed E-state index contributed by atoms with van der Waals surface area (Å²) in [5.74, 6) is 1.04. The van der Waals surface area contributed by atoms with Crippen LogP contribution in [0.5, 0.6) is 0 Å². The summed E-state index contributed by atoms with van der Waals surface area (Å²) < 4.78 is 7.14. The molecule has 18 heavy (non-hydrogen) atoms. The zero-order valence-electron chi connectivity index (χ0n) is 11.2. The SMILES string of the molecule is CCCNC(CC)c1cc2c(Br)ccc(C)c2o1. The molecule has 0 amide bonds. The lowest BCUT2D eigenvalue weighted by molar-refractivity contribution is 0.420. The first-order chi connectivity index (χ1) is 8.67. The number of hydrogen-bond acceptors (Lipinski definition) is 2. The van der Waals surface area contributed by atoms with Gasteiger partial charge in [0.1, 0.15) is 11.3 Å². The van der Waals surface area contributed by atoms with E-state index in [9.17, 15) is 0 Å². The van der Waals surface area contributed by atoms with Crippen LogP contribution >= 0.6 is 15.9 Å². The summed E-state index contributed by atoms with van der Waals surface area (Å²) in [7, 11) is 0. The molecular formula is C15H20BrNO. The average molecular weight is 310 g/mol. The van der Waals surface area contributed by atoms with E-state index in [0.717, 1.165) is 35.2 Å². The van der Waals surface area contributed by atoms with Crippen LogP contribution in [0.1, 0.15) is 44.1 Å². The Morgan fingerprint density at radius 2 is 2.11 bits per heavy atom. The first kappa shape index (κ1) is 13.6. The summed E-state index contributed by atoms with van der Waals surface area (Å²) >= 11 is 3.59. The third kappa shape index (κ3) is 2.62. The number of nitrogens with one attached hydrogen (secondary N) is 1. The molecule has 0 spiro atoms.